The number of rotatable bonds is 24. The fourth-order valence-corrected chi connectivity index (χ4v) is 13.5. The number of benzene rings is 6. The number of hydroxylamine groups is 4. The van der Waals surface area contributed by atoms with Gasteiger partial charge in [0.2, 0.25) is 11.8 Å². The second kappa shape index (κ2) is 34.4. The Hall–Kier alpha value is -8.70. The molecule has 99 heavy (non-hydrogen) atoms. The number of carbonyl (C=O) groups is 4. The summed E-state index contributed by atoms with van der Waals surface area (Å²) >= 11 is 0. The molecule has 0 radical (unpaired) electrons. The second-order valence-electron chi connectivity index (χ2n) is 28.1. The lowest BCUT2D eigenvalue weighted by Crippen LogP contribution is -2.50. The summed E-state index contributed by atoms with van der Waals surface area (Å²) < 4.78 is 18.3. The van der Waals surface area contributed by atoms with Gasteiger partial charge in [-0.1, -0.05) is 141 Å². The zero-order valence-electron chi connectivity index (χ0n) is 59.6. The molecule has 2 aliphatic rings. The maximum Gasteiger partial charge on any atom is 0.320 e. The Balaban J connectivity index is 0.000000234. The fraction of sp³-hybridized carbons (Fsp3) is 0.400. The Morgan fingerprint density at radius 3 is 1.30 bits per heavy atom. The highest BCUT2D eigenvalue weighted by atomic mass is 28.4. The minimum atomic E-state index is -2.22. The number of nitrogens with zero attached hydrogens (tertiary/aromatic N) is 4. The molecule has 6 aromatic carbocycles. The highest BCUT2D eigenvalue weighted by molar-refractivity contribution is 6.74. The molecule has 8 atom stereocenters. The number of aromatic nitrogens is 2. The molecule has 0 unspecified atom stereocenters. The van der Waals surface area contributed by atoms with Crippen molar-refractivity contribution in [2.75, 3.05) is 67.6 Å². The molecule has 2 amide bonds. The number of hydrogen-bond acceptors (Lipinski definition) is 14. The van der Waals surface area contributed by atoms with Crippen LogP contribution in [0.3, 0.4) is 0 Å². The van der Waals surface area contributed by atoms with Gasteiger partial charge in [-0.3, -0.25) is 38.7 Å². The third-order valence-electron chi connectivity index (χ3n) is 18.4. The Bertz CT molecular complexity index is 4120. The number of hydrogen-bond donors (Lipinski definition) is 5. The number of ether oxygens (including phenoxy) is 2. The van der Waals surface area contributed by atoms with E-state index in [1.807, 2.05) is 162 Å². The van der Waals surface area contributed by atoms with Crippen LogP contribution >= 0.6 is 0 Å². The zero-order valence-corrected chi connectivity index (χ0v) is 60.6. The van der Waals surface area contributed by atoms with Crippen molar-refractivity contribution in [3.8, 4) is 23.7 Å². The van der Waals surface area contributed by atoms with Gasteiger partial charge in [-0.05, 0) is 170 Å². The lowest BCUT2D eigenvalue weighted by molar-refractivity contribution is -0.192. The smallest absolute Gasteiger partial charge is 0.320 e. The van der Waals surface area contributed by atoms with Crippen molar-refractivity contribution in [2.24, 2.45) is 11.8 Å². The highest BCUT2D eigenvalue weighted by Gasteiger charge is 2.53. The predicted octanol–water partition coefficient (Wildman–Crippen LogP) is 10.7. The van der Waals surface area contributed by atoms with E-state index < -0.39 is 56.5 Å². The third-order valence-corrected chi connectivity index (χ3v) is 23.0. The molecule has 18 nitrogen and oxygen atoms in total. The number of fused-ring (bicyclic) bond motifs is 2. The number of aromatic amines is 2. The molecule has 522 valence electrons. The first-order valence-corrected chi connectivity index (χ1v) is 37.0. The van der Waals surface area contributed by atoms with Gasteiger partial charge in [-0.2, -0.15) is 10.1 Å². The van der Waals surface area contributed by atoms with Crippen LogP contribution in [0.15, 0.2) is 158 Å². The maximum atomic E-state index is 14.3. The monoisotopic (exact) mass is 1360 g/mol. The van der Waals surface area contributed by atoms with Gasteiger partial charge in [0.25, 0.3) is 0 Å². The van der Waals surface area contributed by atoms with Crippen molar-refractivity contribution in [2.45, 2.75) is 129 Å². The molecule has 0 spiro atoms. The largest absolute Gasteiger partial charge is 0.464 e. The minimum absolute atomic E-state index is 0.0209. The average Bonchev–Trinajstić information content (AvgIpc) is 1.66. The van der Waals surface area contributed by atoms with Crippen LogP contribution in [0.2, 0.25) is 18.1 Å². The van der Waals surface area contributed by atoms with E-state index in [0.717, 1.165) is 66.3 Å². The van der Waals surface area contributed by atoms with Crippen molar-refractivity contribution >= 4 is 53.9 Å². The number of aryl methyl sites for hydroxylation is 2. The van der Waals surface area contributed by atoms with Crippen molar-refractivity contribution in [1.29, 1.82) is 0 Å². The van der Waals surface area contributed by atoms with Gasteiger partial charge < -0.3 is 39.6 Å². The topological polar surface area (TPSA) is 203 Å². The predicted molar refractivity (Wildman–Crippen MR) is 391 cm³/mol. The SMILES string of the molecule is Cc1ccc(C#Cc2ccc(CN3O[C@@H]([C@H](C)O)[C@@H](COC(=O)CN(C)C)[C@H]3C(=O)NCCc3c[nH]c4ccccc34)cc2)cc1.Cc1ccc(C#Cc2ccc(CN3O[C@@H]([C@H](C)O[Si](C)(C)C(C)(C)C)[C@@H](COC(=O)CN(C)C)[C@H]3C(=O)NCCc3c[nH]c4ccccc34)cc2)cc1. The van der Waals surface area contributed by atoms with Gasteiger partial charge in [-0.15, -0.1) is 0 Å². The van der Waals surface area contributed by atoms with Crippen molar-refractivity contribution in [1.82, 2.24) is 40.5 Å². The first-order valence-electron chi connectivity index (χ1n) is 34.1. The summed E-state index contributed by atoms with van der Waals surface area (Å²) in [5.74, 6) is 10.6. The number of esters is 2. The molecule has 0 aliphatic carbocycles. The summed E-state index contributed by atoms with van der Waals surface area (Å²) in [6, 6.07) is 46.7. The molecule has 4 heterocycles. The molecule has 8 aromatic rings. The Labute approximate surface area is 585 Å². The van der Waals surface area contributed by atoms with Crippen LogP contribution in [-0.2, 0) is 68.7 Å². The molecule has 0 bridgehead atoms. The first-order chi connectivity index (χ1) is 47.3. The number of aliphatic hydroxyl groups is 1. The van der Waals surface area contributed by atoms with Crippen LogP contribution in [0.1, 0.15) is 90.3 Å². The molecule has 19 heteroatoms. The van der Waals surface area contributed by atoms with E-state index in [2.05, 4.69) is 109 Å². The number of amides is 2. The standard InChI is InChI=1S/C43H56N4O5Si.C37H42N4O5/c1-30-14-16-32(17-15-30)18-19-33-20-22-34(23-21-33)27-47-40(42(49)44-25-24-35-26-45-38-13-11-10-12-36(35)38)37(29-50-39(48)28-46(6)7)41(51-47)31(2)52-53(8,9)43(3,4)5;1-25-9-11-27(12-10-25)13-14-28-15-17-29(18-16-28)22-41-35(32(36(46-41)26(2)42)24-45-34(43)23-40(3)4)37(44)38-20-19-30-21-39-33-8-6-5-7-31(30)33/h10-17,20-23,26,31,37,40-41,45H,24-25,27-29H2,1-9H3,(H,44,49);5-12,15-18,21,26,32,35-36,39,42H,19-20,22-24H2,1-4H3,(H,38,44)/t31-,37-,40-,41-;26-,32-,35-,36-/m00/s1. The van der Waals surface area contributed by atoms with E-state index in [1.54, 1.807) is 40.9 Å². The summed E-state index contributed by atoms with van der Waals surface area (Å²) in [5, 5.41) is 22.5. The Morgan fingerprint density at radius 2 is 0.929 bits per heavy atom. The first kappa shape index (κ1) is 74.5. The zero-order chi connectivity index (χ0) is 71.0. The number of likely N-dealkylation sites (N-methyl/N-ethyl adjacent to an activating group) is 2. The fourth-order valence-electron chi connectivity index (χ4n) is 12.1. The van der Waals surface area contributed by atoms with Crippen LogP contribution in [0.5, 0.6) is 0 Å². The van der Waals surface area contributed by atoms with Crippen molar-refractivity contribution in [3.63, 3.8) is 0 Å². The highest BCUT2D eigenvalue weighted by Crippen LogP contribution is 2.41. The summed E-state index contributed by atoms with van der Waals surface area (Å²) in [6.45, 7) is 20.4. The molecule has 2 saturated heterocycles. The number of carbonyl (C=O) groups excluding carboxylic acids is 4. The van der Waals surface area contributed by atoms with E-state index in [9.17, 15) is 24.3 Å². The van der Waals surface area contributed by atoms with E-state index >= 15 is 0 Å². The van der Waals surface area contributed by atoms with Crippen LogP contribution in [0.25, 0.3) is 21.8 Å². The second-order valence-corrected chi connectivity index (χ2v) is 32.9. The van der Waals surface area contributed by atoms with E-state index in [0.29, 0.717) is 32.5 Å². The number of aliphatic hydroxyl groups excluding tert-OH is 1. The Morgan fingerprint density at radius 1 is 0.566 bits per heavy atom. The number of H-pyrrole nitrogens is 2. The van der Waals surface area contributed by atoms with Gasteiger partial charge in [0, 0.05) is 69.5 Å². The van der Waals surface area contributed by atoms with Crippen LogP contribution in [0.4, 0.5) is 0 Å². The van der Waals surface area contributed by atoms with Crippen LogP contribution in [0, 0.1) is 49.4 Å². The van der Waals surface area contributed by atoms with Crippen LogP contribution < -0.4 is 10.6 Å². The molecule has 10 rings (SSSR count). The number of para-hydroxylation sites is 2. The molecule has 2 fully saturated rings. The van der Waals surface area contributed by atoms with Gasteiger partial charge in [0.1, 0.15) is 24.3 Å². The lowest BCUT2D eigenvalue weighted by atomic mass is 9.91. The normalized spacial score (nSPS) is 18.6. The van der Waals surface area contributed by atoms with Gasteiger partial charge >= 0.3 is 11.9 Å². The molecule has 5 N–H and O–H groups in total. The summed E-state index contributed by atoms with van der Waals surface area (Å²) in [7, 11) is 4.98. The van der Waals surface area contributed by atoms with Gasteiger partial charge in [-0.25, -0.2) is 0 Å². The van der Waals surface area contributed by atoms with E-state index in [-0.39, 0.29) is 61.8 Å². The average molecular weight is 1360 g/mol. The van der Waals surface area contributed by atoms with Crippen LogP contribution in [-0.4, -0.2) is 171 Å². The van der Waals surface area contributed by atoms with E-state index in [4.69, 9.17) is 23.6 Å². The van der Waals surface area contributed by atoms with Crippen molar-refractivity contribution in [3.05, 3.63) is 214 Å². The molecule has 2 aromatic heterocycles. The molecular formula is C80H98N8O10Si. The quantitative estimate of drug-likeness (QED) is 0.0217. The van der Waals surface area contributed by atoms with Gasteiger partial charge in [0.15, 0.2) is 8.32 Å². The molecule has 0 saturated carbocycles. The Kier molecular flexibility index (Phi) is 25.9. The molecular weight excluding hydrogens is 1260 g/mol. The summed E-state index contributed by atoms with van der Waals surface area (Å²) in [4.78, 5) is 76.5. The van der Waals surface area contributed by atoms with E-state index in [1.165, 1.54) is 11.1 Å². The summed E-state index contributed by atoms with van der Waals surface area (Å²) in [6.07, 6.45) is 2.73. The number of nitrogens with one attached hydrogen (secondary N) is 4. The summed E-state index contributed by atoms with van der Waals surface area (Å²) in [5.41, 5.74) is 12.3. The van der Waals surface area contributed by atoms with Crippen molar-refractivity contribution < 1.29 is 47.9 Å². The molecule has 2 aliphatic heterocycles. The lowest BCUT2D eigenvalue weighted by Gasteiger charge is -2.40. The maximum absolute atomic E-state index is 14.3. The third kappa shape index (κ3) is 20.7. The van der Waals surface area contributed by atoms with Gasteiger partial charge in [0.05, 0.1) is 63.4 Å². The minimum Gasteiger partial charge on any atom is -0.464 e.